The first-order valence-corrected chi connectivity index (χ1v) is 8.54. The molecule has 0 aliphatic carbocycles. The topological polar surface area (TPSA) is 44.8 Å². The number of piperazine rings is 1. The number of amides is 1. The SMILES string of the molecule is CCO[C@@H](C)C(=O)N[C@@H](C)CN1CCN(c2ccccc2)CC1. The number of nitrogens with one attached hydrogen (secondary N) is 1. The van der Waals surface area contributed by atoms with E-state index < -0.39 is 0 Å². The number of anilines is 1. The van der Waals surface area contributed by atoms with Gasteiger partial charge in [-0.15, -0.1) is 0 Å². The van der Waals surface area contributed by atoms with E-state index in [2.05, 4.69) is 46.3 Å². The average molecular weight is 319 g/mol. The molecule has 5 nitrogen and oxygen atoms in total. The molecule has 0 radical (unpaired) electrons. The van der Waals surface area contributed by atoms with Gasteiger partial charge in [0.05, 0.1) is 0 Å². The maximum Gasteiger partial charge on any atom is 0.249 e. The van der Waals surface area contributed by atoms with E-state index in [-0.39, 0.29) is 18.1 Å². The van der Waals surface area contributed by atoms with E-state index in [1.54, 1.807) is 6.92 Å². The number of hydrogen-bond acceptors (Lipinski definition) is 4. The van der Waals surface area contributed by atoms with Crippen LogP contribution < -0.4 is 10.2 Å². The largest absolute Gasteiger partial charge is 0.369 e. The molecule has 1 amide bonds. The number of rotatable bonds is 7. The highest BCUT2D eigenvalue weighted by molar-refractivity contribution is 5.80. The molecule has 0 saturated carbocycles. The van der Waals surface area contributed by atoms with E-state index in [1.807, 2.05) is 13.0 Å². The second kappa shape index (κ2) is 8.89. The average Bonchev–Trinajstić information content (AvgIpc) is 2.56. The summed E-state index contributed by atoms with van der Waals surface area (Å²) in [4.78, 5) is 16.8. The Morgan fingerprint density at radius 3 is 2.43 bits per heavy atom. The standard InChI is InChI=1S/C18H29N3O2/c1-4-23-16(3)18(22)19-15(2)14-20-10-12-21(13-11-20)17-8-6-5-7-9-17/h5-9,15-16H,4,10-14H2,1-3H3,(H,19,22)/t15-,16-/m0/s1. The van der Waals surface area contributed by atoms with Gasteiger partial charge < -0.3 is 15.0 Å². The highest BCUT2D eigenvalue weighted by atomic mass is 16.5. The summed E-state index contributed by atoms with van der Waals surface area (Å²) in [7, 11) is 0. The Kier molecular flexibility index (Phi) is 6.86. The molecule has 128 valence electrons. The van der Waals surface area contributed by atoms with E-state index in [4.69, 9.17) is 4.74 Å². The summed E-state index contributed by atoms with van der Waals surface area (Å²) < 4.78 is 5.33. The molecule has 1 N–H and O–H groups in total. The van der Waals surface area contributed by atoms with Gasteiger partial charge in [0, 0.05) is 51.1 Å². The van der Waals surface area contributed by atoms with Crippen LogP contribution in [0.25, 0.3) is 0 Å². The molecule has 1 aromatic carbocycles. The summed E-state index contributed by atoms with van der Waals surface area (Å²) in [5, 5.41) is 3.04. The predicted octanol–water partition coefficient (Wildman–Crippen LogP) is 1.74. The van der Waals surface area contributed by atoms with E-state index >= 15 is 0 Å². The van der Waals surface area contributed by atoms with Gasteiger partial charge in [0.15, 0.2) is 0 Å². The molecule has 23 heavy (non-hydrogen) atoms. The van der Waals surface area contributed by atoms with Crippen molar-refractivity contribution in [1.82, 2.24) is 10.2 Å². The maximum absolute atomic E-state index is 12.0. The third-order valence-electron chi connectivity index (χ3n) is 4.20. The van der Waals surface area contributed by atoms with Gasteiger partial charge in [-0.1, -0.05) is 18.2 Å². The Labute approximate surface area is 139 Å². The molecule has 0 aromatic heterocycles. The van der Waals surface area contributed by atoms with E-state index in [1.165, 1.54) is 5.69 Å². The molecular formula is C18H29N3O2. The van der Waals surface area contributed by atoms with E-state index in [0.717, 1.165) is 32.7 Å². The lowest BCUT2D eigenvalue weighted by molar-refractivity contribution is -0.132. The monoisotopic (exact) mass is 319 g/mol. The fourth-order valence-corrected chi connectivity index (χ4v) is 2.95. The summed E-state index contributed by atoms with van der Waals surface area (Å²) in [6.45, 7) is 11.3. The van der Waals surface area contributed by atoms with Gasteiger partial charge in [-0.25, -0.2) is 0 Å². The lowest BCUT2D eigenvalue weighted by atomic mass is 10.2. The van der Waals surface area contributed by atoms with Gasteiger partial charge in [0.25, 0.3) is 0 Å². The Morgan fingerprint density at radius 2 is 1.83 bits per heavy atom. The summed E-state index contributed by atoms with van der Waals surface area (Å²) in [5.74, 6) is -0.0257. The molecule has 1 aliphatic rings. The van der Waals surface area contributed by atoms with Crippen LogP contribution in [0.15, 0.2) is 30.3 Å². The quantitative estimate of drug-likeness (QED) is 0.831. The smallest absolute Gasteiger partial charge is 0.249 e. The highest BCUT2D eigenvalue weighted by Gasteiger charge is 2.20. The Balaban J connectivity index is 1.72. The fraction of sp³-hybridized carbons (Fsp3) is 0.611. The highest BCUT2D eigenvalue weighted by Crippen LogP contribution is 2.15. The normalized spacial score (nSPS) is 18.5. The Bertz CT molecular complexity index is 472. The van der Waals surface area contributed by atoms with Crippen LogP contribution in [0.4, 0.5) is 5.69 Å². The lowest BCUT2D eigenvalue weighted by Crippen LogP contribution is -2.51. The molecule has 5 heteroatoms. The number of hydrogen-bond donors (Lipinski definition) is 1. The van der Waals surface area contributed by atoms with Crippen molar-refractivity contribution in [3.63, 3.8) is 0 Å². The van der Waals surface area contributed by atoms with Crippen LogP contribution in [0.2, 0.25) is 0 Å². The van der Waals surface area contributed by atoms with Crippen LogP contribution in [0.5, 0.6) is 0 Å². The second-order valence-corrected chi connectivity index (χ2v) is 6.13. The zero-order valence-corrected chi connectivity index (χ0v) is 14.5. The first-order valence-electron chi connectivity index (χ1n) is 8.54. The summed E-state index contributed by atoms with van der Waals surface area (Å²) in [5.41, 5.74) is 1.29. The number of ether oxygens (including phenoxy) is 1. The minimum Gasteiger partial charge on any atom is -0.369 e. The van der Waals surface area contributed by atoms with Crippen molar-refractivity contribution in [1.29, 1.82) is 0 Å². The van der Waals surface area contributed by atoms with Crippen LogP contribution in [0.1, 0.15) is 20.8 Å². The van der Waals surface area contributed by atoms with Crippen molar-refractivity contribution in [3.8, 4) is 0 Å². The van der Waals surface area contributed by atoms with Crippen molar-refractivity contribution < 1.29 is 9.53 Å². The van der Waals surface area contributed by atoms with E-state index in [9.17, 15) is 4.79 Å². The van der Waals surface area contributed by atoms with Gasteiger partial charge in [0.1, 0.15) is 6.10 Å². The number of benzene rings is 1. The molecule has 2 rings (SSSR count). The van der Waals surface area contributed by atoms with Gasteiger partial charge >= 0.3 is 0 Å². The number of nitrogens with zero attached hydrogens (tertiary/aromatic N) is 2. The number of para-hydroxylation sites is 1. The first-order chi connectivity index (χ1) is 11.1. The molecule has 1 aromatic rings. The maximum atomic E-state index is 12.0. The number of carbonyl (C=O) groups excluding carboxylic acids is 1. The molecule has 2 atom stereocenters. The summed E-state index contributed by atoms with van der Waals surface area (Å²) in [6.07, 6.45) is -0.377. The van der Waals surface area contributed by atoms with Crippen molar-refractivity contribution in [2.45, 2.75) is 32.9 Å². The zero-order chi connectivity index (χ0) is 16.7. The fourth-order valence-electron chi connectivity index (χ4n) is 2.95. The van der Waals surface area contributed by atoms with Crippen molar-refractivity contribution >= 4 is 11.6 Å². The van der Waals surface area contributed by atoms with Gasteiger partial charge in [-0.2, -0.15) is 0 Å². The molecule has 1 aliphatic heterocycles. The third kappa shape index (κ3) is 5.52. The van der Waals surface area contributed by atoms with Gasteiger partial charge in [0.2, 0.25) is 5.91 Å². The lowest BCUT2D eigenvalue weighted by Gasteiger charge is -2.37. The molecule has 0 unspecified atom stereocenters. The van der Waals surface area contributed by atoms with Crippen molar-refractivity contribution in [2.75, 3.05) is 44.2 Å². The Morgan fingerprint density at radius 1 is 1.17 bits per heavy atom. The Hall–Kier alpha value is -1.59. The van der Waals surface area contributed by atoms with E-state index in [0.29, 0.717) is 6.61 Å². The van der Waals surface area contributed by atoms with Crippen LogP contribution in [-0.4, -0.2) is 62.3 Å². The van der Waals surface area contributed by atoms with Gasteiger partial charge in [-0.3, -0.25) is 9.69 Å². The first kappa shape index (κ1) is 17.8. The van der Waals surface area contributed by atoms with Gasteiger partial charge in [-0.05, 0) is 32.9 Å². The van der Waals surface area contributed by atoms with Crippen molar-refractivity contribution in [2.24, 2.45) is 0 Å². The van der Waals surface area contributed by atoms with Crippen LogP contribution >= 0.6 is 0 Å². The molecule has 0 spiro atoms. The minimum atomic E-state index is -0.377. The minimum absolute atomic E-state index is 0.0257. The van der Waals surface area contributed by atoms with Crippen molar-refractivity contribution in [3.05, 3.63) is 30.3 Å². The summed E-state index contributed by atoms with van der Waals surface area (Å²) in [6, 6.07) is 10.7. The second-order valence-electron chi connectivity index (χ2n) is 6.13. The molecule has 0 bridgehead atoms. The van der Waals surface area contributed by atoms with Crippen LogP contribution in [-0.2, 0) is 9.53 Å². The molecular weight excluding hydrogens is 290 g/mol. The third-order valence-corrected chi connectivity index (χ3v) is 4.20. The van der Waals surface area contributed by atoms with Crippen LogP contribution in [0.3, 0.4) is 0 Å². The summed E-state index contributed by atoms with van der Waals surface area (Å²) >= 11 is 0. The predicted molar refractivity (Wildman–Crippen MR) is 93.8 cm³/mol. The van der Waals surface area contributed by atoms with Crippen LogP contribution in [0, 0.1) is 0 Å². The molecule has 1 saturated heterocycles. The zero-order valence-electron chi connectivity index (χ0n) is 14.5. The molecule has 1 fully saturated rings. The molecule has 1 heterocycles. The number of carbonyl (C=O) groups is 1.